The molecule has 4 heterocycles. The van der Waals surface area contributed by atoms with Crippen LogP contribution in [0, 0.1) is 40.6 Å². The highest BCUT2D eigenvalue weighted by Gasteiger charge is 2.40. The maximum atomic E-state index is 14.0. The molecule has 2 aliphatic heterocycles. The second kappa shape index (κ2) is 9.51. The molecule has 2 atom stereocenters. The van der Waals surface area contributed by atoms with E-state index in [1.165, 1.54) is 15.6 Å². The quantitative estimate of drug-likeness (QED) is 0.447. The monoisotopic (exact) mass is 514 g/mol. The molecule has 37 heavy (non-hydrogen) atoms. The Hall–Kier alpha value is -3.92. The number of hydrogen-bond donors (Lipinski definition) is 0. The first-order valence-corrected chi connectivity index (χ1v) is 11.8. The van der Waals surface area contributed by atoms with E-state index in [1.54, 1.807) is 7.05 Å². The van der Waals surface area contributed by atoms with E-state index in [9.17, 15) is 28.0 Å². The van der Waals surface area contributed by atoms with E-state index >= 15 is 0 Å². The summed E-state index contributed by atoms with van der Waals surface area (Å²) < 4.78 is 45.3. The van der Waals surface area contributed by atoms with E-state index in [1.807, 2.05) is 18.0 Å². The van der Waals surface area contributed by atoms with Crippen molar-refractivity contribution in [3.8, 4) is 6.07 Å². The van der Waals surface area contributed by atoms with Gasteiger partial charge in [-0.1, -0.05) is 0 Å². The molecule has 3 aromatic rings. The van der Waals surface area contributed by atoms with Gasteiger partial charge in [-0.15, -0.1) is 0 Å². The molecule has 0 N–H and O–H groups in total. The molecule has 0 radical (unpaired) electrons. The molecule has 0 bridgehead atoms. The van der Waals surface area contributed by atoms with Crippen LogP contribution in [0.25, 0.3) is 0 Å². The van der Waals surface area contributed by atoms with Gasteiger partial charge in [-0.3, -0.25) is 18.6 Å². The molecule has 13 heteroatoms. The topological polar surface area (TPSA) is 105 Å². The smallest absolute Gasteiger partial charge is 0.333 e. The van der Waals surface area contributed by atoms with Gasteiger partial charge in [0.05, 0.1) is 18.2 Å². The van der Waals surface area contributed by atoms with E-state index < -0.39 is 28.7 Å². The van der Waals surface area contributed by atoms with Gasteiger partial charge in [0.25, 0.3) is 5.56 Å². The van der Waals surface area contributed by atoms with Crippen LogP contribution in [0.4, 0.5) is 19.0 Å². The maximum absolute atomic E-state index is 14.0. The third kappa shape index (κ3) is 4.53. The highest BCUT2D eigenvalue weighted by Crippen LogP contribution is 2.34. The van der Waals surface area contributed by atoms with Gasteiger partial charge in [0.2, 0.25) is 0 Å². The minimum atomic E-state index is -1.60. The third-order valence-corrected chi connectivity index (χ3v) is 7.06. The first-order chi connectivity index (χ1) is 17.7. The lowest BCUT2D eigenvalue weighted by atomic mass is 10.0. The normalized spacial score (nSPS) is 19.4. The number of likely N-dealkylation sites (tertiary alicyclic amines) is 1. The standard InChI is InChI=1S/C24H25F3N8O2/c1-31-8-15-10-33(11-16(15)9-31)22-17(5-14-6-18(25)21(27)19(26)7-14)23(36)35(24(37)34(22)4-3-28)12-20-29-13-32(2)30-20/h6-7,13,15-16H,4-5,8-12H2,1-2H3/t15-,16+. The predicted octanol–water partition coefficient (Wildman–Crippen LogP) is 0.716. The Kier molecular flexibility index (Phi) is 6.36. The minimum Gasteiger partial charge on any atom is -0.357 e. The summed E-state index contributed by atoms with van der Waals surface area (Å²) in [6, 6.07) is 3.65. The van der Waals surface area contributed by atoms with Crippen LogP contribution in [-0.4, -0.2) is 62.0 Å². The fourth-order valence-electron chi connectivity index (χ4n) is 5.53. The van der Waals surface area contributed by atoms with Crippen LogP contribution in [0.2, 0.25) is 0 Å². The van der Waals surface area contributed by atoms with E-state index in [-0.39, 0.29) is 42.3 Å². The zero-order chi connectivity index (χ0) is 26.4. The molecule has 0 aliphatic carbocycles. The molecule has 2 fully saturated rings. The molecule has 194 valence electrons. The molecule has 2 aliphatic rings. The molecule has 0 unspecified atom stereocenters. The molecule has 5 rings (SSSR count). The molecule has 0 saturated carbocycles. The molecule has 0 amide bonds. The van der Waals surface area contributed by atoms with Crippen LogP contribution in [0.3, 0.4) is 0 Å². The van der Waals surface area contributed by atoms with Crippen molar-refractivity contribution in [2.75, 3.05) is 38.1 Å². The zero-order valence-electron chi connectivity index (χ0n) is 20.4. The van der Waals surface area contributed by atoms with Gasteiger partial charge in [-0.2, -0.15) is 10.4 Å². The number of nitrogens with zero attached hydrogens (tertiary/aromatic N) is 8. The molecular weight excluding hydrogens is 489 g/mol. The van der Waals surface area contributed by atoms with Gasteiger partial charge in [-0.25, -0.2) is 22.9 Å². The summed E-state index contributed by atoms with van der Waals surface area (Å²) in [5.74, 6) is -3.27. The number of halogens is 3. The largest absolute Gasteiger partial charge is 0.357 e. The Morgan fingerprint density at radius 1 is 1.03 bits per heavy atom. The maximum Gasteiger partial charge on any atom is 0.333 e. The summed E-state index contributed by atoms with van der Waals surface area (Å²) in [6.45, 7) is 2.24. The Balaban J connectivity index is 1.68. The second-order valence-electron chi connectivity index (χ2n) is 9.75. The summed E-state index contributed by atoms with van der Waals surface area (Å²) in [7, 11) is 3.67. The second-order valence-corrected chi connectivity index (χ2v) is 9.75. The molecule has 1 aromatic carbocycles. The zero-order valence-corrected chi connectivity index (χ0v) is 20.4. The third-order valence-electron chi connectivity index (χ3n) is 7.06. The number of benzene rings is 1. The molecule has 2 aromatic heterocycles. The van der Waals surface area contributed by atoms with Crippen LogP contribution >= 0.6 is 0 Å². The first-order valence-electron chi connectivity index (χ1n) is 11.8. The van der Waals surface area contributed by atoms with Gasteiger partial charge in [0.15, 0.2) is 23.3 Å². The van der Waals surface area contributed by atoms with E-state index in [4.69, 9.17) is 0 Å². The minimum absolute atomic E-state index is 0.0264. The van der Waals surface area contributed by atoms with Gasteiger partial charge >= 0.3 is 5.69 Å². The number of nitriles is 1. The van der Waals surface area contributed by atoms with Crippen molar-refractivity contribution in [3.05, 3.63) is 73.7 Å². The number of anilines is 1. The average molecular weight is 515 g/mol. The molecule has 10 nitrogen and oxygen atoms in total. The Bertz CT molecular complexity index is 1480. The lowest BCUT2D eigenvalue weighted by Gasteiger charge is -2.27. The van der Waals surface area contributed by atoms with E-state index in [0.717, 1.165) is 29.8 Å². The van der Waals surface area contributed by atoms with Crippen molar-refractivity contribution in [1.82, 2.24) is 28.8 Å². The Labute approximate surface area is 209 Å². The average Bonchev–Trinajstić information content (AvgIpc) is 3.52. The predicted molar refractivity (Wildman–Crippen MR) is 126 cm³/mol. The van der Waals surface area contributed by atoms with Crippen molar-refractivity contribution in [2.24, 2.45) is 18.9 Å². The fourth-order valence-corrected chi connectivity index (χ4v) is 5.53. The van der Waals surface area contributed by atoms with Crippen LogP contribution < -0.4 is 16.1 Å². The van der Waals surface area contributed by atoms with E-state index in [0.29, 0.717) is 24.9 Å². The Morgan fingerprint density at radius 2 is 1.68 bits per heavy atom. The molecule has 2 saturated heterocycles. The SMILES string of the molecule is CN1C[C@@H]2CN(c3c(Cc4cc(F)c(F)c(F)c4)c(=O)n(Cc4ncn(C)n4)c(=O)n3CC#N)C[C@@H]2C1. The van der Waals surface area contributed by atoms with Crippen LogP contribution in [-0.2, 0) is 26.6 Å². The van der Waals surface area contributed by atoms with Gasteiger partial charge in [-0.05, 0) is 36.6 Å². The summed E-state index contributed by atoms with van der Waals surface area (Å²) in [4.78, 5) is 35.5. The number of aryl methyl sites for hydroxylation is 1. The van der Waals surface area contributed by atoms with Crippen LogP contribution in [0.5, 0.6) is 0 Å². The summed E-state index contributed by atoms with van der Waals surface area (Å²) >= 11 is 0. The van der Waals surface area contributed by atoms with Crippen molar-refractivity contribution in [2.45, 2.75) is 19.5 Å². The van der Waals surface area contributed by atoms with Gasteiger partial charge in [0.1, 0.15) is 18.7 Å². The Morgan fingerprint density at radius 3 is 2.24 bits per heavy atom. The number of hydrogen-bond acceptors (Lipinski definition) is 7. The summed E-state index contributed by atoms with van der Waals surface area (Å²) in [5, 5.41) is 13.7. The summed E-state index contributed by atoms with van der Waals surface area (Å²) in [6.07, 6.45) is 1.16. The van der Waals surface area contributed by atoms with Crippen molar-refractivity contribution < 1.29 is 13.2 Å². The van der Waals surface area contributed by atoms with Crippen molar-refractivity contribution in [1.29, 1.82) is 5.26 Å². The number of fused-ring (bicyclic) bond motifs is 1. The number of aromatic nitrogens is 5. The van der Waals surface area contributed by atoms with Gasteiger partial charge < -0.3 is 9.80 Å². The van der Waals surface area contributed by atoms with Crippen molar-refractivity contribution in [3.63, 3.8) is 0 Å². The molecule has 0 spiro atoms. The van der Waals surface area contributed by atoms with Crippen LogP contribution in [0.15, 0.2) is 28.0 Å². The fraction of sp³-hybridized carbons (Fsp3) is 0.458. The lowest BCUT2D eigenvalue weighted by Crippen LogP contribution is -2.45. The lowest BCUT2D eigenvalue weighted by molar-refractivity contribution is 0.386. The van der Waals surface area contributed by atoms with E-state index in [2.05, 4.69) is 15.0 Å². The molecular formula is C24H25F3N8O2. The number of rotatable bonds is 6. The van der Waals surface area contributed by atoms with Crippen molar-refractivity contribution >= 4 is 5.82 Å². The van der Waals surface area contributed by atoms with Crippen LogP contribution in [0.1, 0.15) is 17.0 Å². The first kappa shape index (κ1) is 24.8. The van der Waals surface area contributed by atoms with Gasteiger partial charge in [0, 0.05) is 39.6 Å². The highest BCUT2D eigenvalue weighted by atomic mass is 19.2. The summed E-state index contributed by atoms with van der Waals surface area (Å²) in [5.41, 5.74) is -1.27. The highest BCUT2D eigenvalue weighted by molar-refractivity contribution is 5.51.